The molecule has 0 atom stereocenters. The molecule has 0 aliphatic heterocycles. The van der Waals surface area contributed by atoms with Crippen LogP contribution < -0.4 is 10.4 Å². The van der Waals surface area contributed by atoms with Crippen molar-refractivity contribution in [1.82, 2.24) is 0 Å². The fourth-order valence-corrected chi connectivity index (χ4v) is 4.57. The van der Waals surface area contributed by atoms with Gasteiger partial charge in [-0.1, -0.05) is 58.7 Å². The molecule has 0 bridgehead atoms. The summed E-state index contributed by atoms with van der Waals surface area (Å²) in [5.41, 5.74) is 4.22. The number of hydrogen-bond donors (Lipinski definition) is 2. The van der Waals surface area contributed by atoms with Crippen LogP contribution in [0.5, 0.6) is 0 Å². The molecule has 3 heteroatoms. The molecular weight excluding hydrogens is 252 g/mol. The lowest BCUT2D eigenvalue weighted by Crippen LogP contribution is -2.59. The first-order chi connectivity index (χ1) is 8.79. The third kappa shape index (κ3) is 2.95. The van der Waals surface area contributed by atoms with Crippen LogP contribution in [0.25, 0.3) is 0 Å². The summed E-state index contributed by atoms with van der Waals surface area (Å²) in [6.07, 6.45) is 0. The van der Waals surface area contributed by atoms with E-state index in [4.69, 9.17) is 0 Å². The molecule has 0 spiro atoms. The average Bonchev–Trinajstić information content (AvgIpc) is 2.26. The molecule has 0 radical (unpaired) electrons. The quantitative estimate of drug-likeness (QED) is 0.813. The third-order valence-corrected chi connectivity index (χ3v) is 5.44. The third-order valence-electron chi connectivity index (χ3n) is 3.25. The van der Waals surface area contributed by atoms with Crippen LogP contribution in [0, 0.1) is 27.7 Å². The Morgan fingerprint density at radius 3 is 1.11 bits per heavy atom. The average molecular weight is 272 g/mol. The summed E-state index contributed by atoms with van der Waals surface area (Å²) < 4.78 is 0. The van der Waals surface area contributed by atoms with E-state index >= 15 is 0 Å². The molecule has 0 saturated heterocycles. The molecule has 0 heterocycles. The summed E-state index contributed by atoms with van der Waals surface area (Å²) >= 11 is 0. The van der Waals surface area contributed by atoms with E-state index in [1.807, 2.05) is 64.1 Å². The predicted molar refractivity (Wildman–Crippen MR) is 81.3 cm³/mol. The van der Waals surface area contributed by atoms with Gasteiger partial charge in [-0.3, -0.25) is 0 Å². The topological polar surface area (TPSA) is 40.5 Å². The van der Waals surface area contributed by atoms with E-state index in [0.29, 0.717) is 10.4 Å². The minimum Gasteiger partial charge on any atom is -0.404 e. The van der Waals surface area contributed by atoms with Gasteiger partial charge in [0, 0.05) is 0 Å². The molecule has 0 aliphatic carbocycles. The maximum atomic E-state index is 10.6. The molecule has 19 heavy (non-hydrogen) atoms. The first-order valence-corrected chi connectivity index (χ1v) is 8.31. The van der Waals surface area contributed by atoms with E-state index in [0.717, 1.165) is 22.3 Å². The van der Waals surface area contributed by atoms with Crippen LogP contribution in [-0.2, 0) is 0 Å². The van der Waals surface area contributed by atoms with Crippen molar-refractivity contribution in [3.63, 3.8) is 0 Å². The number of rotatable bonds is 2. The minimum atomic E-state index is -3.58. The fourth-order valence-electron chi connectivity index (χ4n) is 2.52. The summed E-state index contributed by atoms with van der Waals surface area (Å²) in [4.78, 5) is 21.3. The molecule has 2 rings (SSSR count). The molecule has 0 fully saturated rings. The Morgan fingerprint density at radius 1 is 0.579 bits per heavy atom. The van der Waals surface area contributed by atoms with Crippen molar-refractivity contribution in [3.8, 4) is 0 Å². The van der Waals surface area contributed by atoms with E-state index in [9.17, 15) is 9.59 Å². The molecule has 100 valence electrons. The summed E-state index contributed by atoms with van der Waals surface area (Å²) in [5.74, 6) is 0. The Labute approximate surface area is 115 Å². The monoisotopic (exact) mass is 272 g/mol. The van der Waals surface area contributed by atoms with E-state index in [1.165, 1.54) is 0 Å². The van der Waals surface area contributed by atoms with Gasteiger partial charge in [-0.15, -0.1) is 0 Å². The van der Waals surface area contributed by atoms with Crippen molar-refractivity contribution in [2.45, 2.75) is 27.7 Å². The van der Waals surface area contributed by atoms with Gasteiger partial charge in [0.2, 0.25) is 0 Å². The molecule has 0 amide bonds. The molecule has 0 saturated carbocycles. The van der Waals surface area contributed by atoms with Crippen molar-refractivity contribution in [2.75, 3.05) is 0 Å². The zero-order valence-electron chi connectivity index (χ0n) is 11.9. The van der Waals surface area contributed by atoms with Crippen LogP contribution in [0.1, 0.15) is 22.3 Å². The Morgan fingerprint density at radius 2 is 0.842 bits per heavy atom. The maximum absolute atomic E-state index is 10.6. The Bertz CT molecular complexity index is 524. The lowest BCUT2D eigenvalue weighted by Gasteiger charge is -2.21. The Balaban J connectivity index is 2.57. The van der Waals surface area contributed by atoms with Gasteiger partial charge < -0.3 is 9.59 Å². The van der Waals surface area contributed by atoms with E-state index < -0.39 is 8.56 Å². The zero-order valence-corrected chi connectivity index (χ0v) is 12.9. The fraction of sp³-hybridized carbons (Fsp3) is 0.250. The molecule has 2 nitrogen and oxygen atoms in total. The molecule has 0 aliphatic rings. The highest BCUT2D eigenvalue weighted by Gasteiger charge is 2.35. The zero-order chi connectivity index (χ0) is 14.2. The molecule has 2 aromatic carbocycles. The van der Waals surface area contributed by atoms with Gasteiger partial charge in [-0.05, 0) is 38.1 Å². The van der Waals surface area contributed by atoms with E-state index in [1.54, 1.807) is 0 Å². The highest BCUT2D eigenvalue weighted by Crippen LogP contribution is 2.08. The van der Waals surface area contributed by atoms with Crippen LogP contribution in [0.2, 0.25) is 0 Å². The molecule has 0 unspecified atom stereocenters. The summed E-state index contributed by atoms with van der Waals surface area (Å²) in [7, 11) is -3.58. The lowest BCUT2D eigenvalue weighted by atomic mass is 10.2. The van der Waals surface area contributed by atoms with Gasteiger partial charge >= 0.3 is 8.56 Å². The van der Waals surface area contributed by atoms with Gasteiger partial charge in [0.05, 0.1) is 0 Å². The van der Waals surface area contributed by atoms with Gasteiger partial charge in [0.1, 0.15) is 0 Å². The number of benzene rings is 2. The summed E-state index contributed by atoms with van der Waals surface area (Å²) in [5, 5.41) is 1.30. The predicted octanol–water partition coefficient (Wildman–Crippen LogP) is 1.46. The second-order valence-corrected chi connectivity index (χ2v) is 7.92. The van der Waals surface area contributed by atoms with Crippen LogP contribution in [0.15, 0.2) is 36.4 Å². The summed E-state index contributed by atoms with van der Waals surface area (Å²) in [6, 6.07) is 11.6. The first kappa shape index (κ1) is 14.0. The second-order valence-electron chi connectivity index (χ2n) is 5.42. The van der Waals surface area contributed by atoms with Gasteiger partial charge in [0.15, 0.2) is 0 Å². The van der Waals surface area contributed by atoms with E-state index in [2.05, 4.69) is 0 Å². The maximum Gasteiger partial charge on any atom is 0.401 e. The van der Waals surface area contributed by atoms with Crippen LogP contribution >= 0.6 is 0 Å². The Hall–Kier alpha value is -1.42. The van der Waals surface area contributed by atoms with Crippen molar-refractivity contribution in [3.05, 3.63) is 58.7 Å². The van der Waals surface area contributed by atoms with Crippen LogP contribution in [0.4, 0.5) is 0 Å². The molecule has 2 aromatic rings. The largest absolute Gasteiger partial charge is 0.404 e. The highest BCUT2D eigenvalue weighted by molar-refractivity contribution is 6.90. The van der Waals surface area contributed by atoms with Crippen LogP contribution in [-0.4, -0.2) is 18.2 Å². The van der Waals surface area contributed by atoms with Crippen molar-refractivity contribution < 1.29 is 9.59 Å². The number of aryl methyl sites for hydroxylation is 4. The highest BCUT2D eigenvalue weighted by atomic mass is 28.4. The van der Waals surface area contributed by atoms with Gasteiger partial charge in [0.25, 0.3) is 0 Å². The summed E-state index contributed by atoms with van der Waals surface area (Å²) in [6.45, 7) is 7.90. The van der Waals surface area contributed by atoms with Gasteiger partial charge in [-0.2, -0.15) is 0 Å². The van der Waals surface area contributed by atoms with Crippen molar-refractivity contribution >= 4 is 18.9 Å². The molecule has 2 N–H and O–H groups in total. The van der Waals surface area contributed by atoms with Crippen LogP contribution in [0.3, 0.4) is 0 Å². The SMILES string of the molecule is Cc1cc(C)cc([Si](O)(O)c2cc(C)cc(C)c2)c1. The normalized spacial score (nSPS) is 11.7. The van der Waals surface area contributed by atoms with Crippen molar-refractivity contribution in [1.29, 1.82) is 0 Å². The first-order valence-electron chi connectivity index (χ1n) is 6.41. The lowest BCUT2D eigenvalue weighted by molar-refractivity contribution is 0.401. The smallest absolute Gasteiger partial charge is 0.401 e. The van der Waals surface area contributed by atoms with Crippen molar-refractivity contribution in [2.24, 2.45) is 0 Å². The Kier molecular flexibility index (Phi) is 3.63. The standard InChI is InChI=1S/C16H20O2Si/c1-11-5-12(2)8-15(7-11)19(17,18)16-9-13(3)6-14(4)10-16/h5-10,17-18H,1-4H3. The second kappa shape index (κ2) is 4.93. The van der Waals surface area contributed by atoms with E-state index in [-0.39, 0.29) is 0 Å². The molecule has 0 aromatic heterocycles. The molecular formula is C16H20O2Si. The van der Waals surface area contributed by atoms with Gasteiger partial charge in [-0.25, -0.2) is 0 Å². The minimum absolute atomic E-state index is 0.648. The number of hydrogen-bond acceptors (Lipinski definition) is 2.